The average molecular weight is 399 g/mol. The molecule has 2 aromatic rings. The van der Waals surface area contributed by atoms with E-state index < -0.39 is 0 Å². The second kappa shape index (κ2) is 9.45. The lowest BCUT2D eigenvalue weighted by Gasteiger charge is -2.35. The highest BCUT2D eigenvalue weighted by atomic mass is 16.6. The van der Waals surface area contributed by atoms with Crippen LogP contribution in [0.4, 0.5) is 4.79 Å². The minimum atomic E-state index is -0.241. The molecule has 2 heterocycles. The number of hydrogen-bond acceptors (Lipinski definition) is 4. The highest BCUT2D eigenvalue weighted by molar-refractivity contribution is 5.80. The molecule has 0 bridgehead atoms. The summed E-state index contributed by atoms with van der Waals surface area (Å²) in [6.07, 6.45) is -0.241. The number of carbonyl (C=O) groups is 1. The molecule has 1 saturated heterocycles. The summed E-state index contributed by atoms with van der Waals surface area (Å²) >= 11 is 0. The van der Waals surface area contributed by atoms with E-state index in [4.69, 9.17) is 9.84 Å². The summed E-state index contributed by atoms with van der Waals surface area (Å²) in [5.41, 5.74) is 4.34. The van der Waals surface area contributed by atoms with Crippen LogP contribution in [0.5, 0.6) is 0 Å². The van der Waals surface area contributed by atoms with Gasteiger partial charge < -0.3 is 19.9 Å². The number of aryl methyl sites for hydroxylation is 1. The van der Waals surface area contributed by atoms with Gasteiger partial charge in [-0.2, -0.15) is 5.10 Å². The number of carbonyl (C=O) groups excluding carboxylic acids is 1. The fourth-order valence-electron chi connectivity index (χ4n) is 3.57. The number of piperazine rings is 1. The summed E-state index contributed by atoms with van der Waals surface area (Å²) in [5.74, 6) is 0.833. The number of nitrogens with zero attached hydrogens (tertiary/aromatic N) is 5. The summed E-state index contributed by atoms with van der Waals surface area (Å²) < 4.78 is 7.07. The van der Waals surface area contributed by atoms with Gasteiger partial charge in [0, 0.05) is 51.0 Å². The van der Waals surface area contributed by atoms with Gasteiger partial charge in [-0.15, -0.1) is 0 Å². The van der Waals surface area contributed by atoms with Crippen molar-refractivity contribution in [2.75, 3.05) is 39.8 Å². The quantitative estimate of drug-likeness (QED) is 0.632. The van der Waals surface area contributed by atoms with Crippen molar-refractivity contribution in [1.29, 1.82) is 0 Å². The average Bonchev–Trinajstić information content (AvgIpc) is 3.03. The number of nitrogens with one attached hydrogen (secondary N) is 1. The summed E-state index contributed by atoms with van der Waals surface area (Å²) in [4.78, 5) is 20.2. The van der Waals surface area contributed by atoms with Crippen molar-refractivity contribution < 1.29 is 9.53 Å². The van der Waals surface area contributed by atoms with Gasteiger partial charge in [-0.3, -0.25) is 4.99 Å². The molecule has 1 amide bonds. The Kier molecular flexibility index (Phi) is 6.74. The predicted molar refractivity (Wildman–Crippen MR) is 113 cm³/mol. The van der Waals surface area contributed by atoms with Gasteiger partial charge in [-0.25, -0.2) is 9.48 Å². The molecule has 0 saturated carbocycles. The van der Waals surface area contributed by atoms with Gasteiger partial charge in [-0.05, 0) is 32.9 Å². The van der Waals surface area contributed by atoms with Crippen molar-refractivity contribution in [3.8, 4) is 5.69 Å². The molecule has 1 N–H and O–H groups in total. The Morgan fingerprint density at radius 2 is 1.79 bits per heavy atom. The molecule has 0 atom stereocenters. The standard InChI is InChI=1S/C21H30N6O2/c1-5-29-21(28)26-13-11-25(12-14-26)20(22-4)23-15-19-16(2)24-27(17(19)3)18-9-7-6-8-10-18/h6-10H,5,11-15H2,1-4H3,(H,22,23). The number of guanidine groups is 1. The molecule has 29 heavy (non-hydrogen) atoms. The van der Waals surface area contributed by atoms with E-state index >= 15 is 0 Å². The Bertz CT molecular complexity index is 854. The van der Waals surface area contributed by atoms with Gasteiger partial charge in [0.05, 0.1) is 18.0 Å². The molecule has 0 spiro atoms. The van der Waals surface area contributed by atoms with Gasteiger partial charge in [0.2, 0.25) is 0 Å². The zero-order valence-corrected chi connectivity index (χ0v) is 17.7. The first-order valence-electron chi connectivity index (χ1n) is 10.0. The molecule has 8 nitrogen and oxygen atoms in total. The van der Waals surface area contributed by atoms with Crippen molar-refractivity contribution in [2.24, 2.45) is 4.99 Å². The second-order valence-corrected chi connectivity index (χ2v) is 6.97. The third-order valence-corrected chi connectivity index (χ3v) is 5.18. The van der Waals surface area contributed by atoms with Gasteiger partial charge in [0.25, 0.3) is 0 Å². The SMILES string of the molecule is CCOC(=O)N1CCN(C(=NC)NCc2c(C)nn(-c3ccccc3)c2C)CC1. The summed E-state index contributed by atoms with van der Waals surface area (Å²) in [7, 11) is 1.78. The van der Waals surface area contributed by atoms with E-state index in [1.54, 1.807) is 11.9 Å². The molecule has 1 aliphatic rings. The fraction of sp³-hybridized carbons (Fsp3) is 0.476. The minimum Gasteiger partial charge on any atom is -0.450 e. The smallest absolute Gasteiger partial charge is 0.409 e. The van der Waals surface area contributed by atoms with Crippen LogP contribution in [0.15, 0.2) is 35.3 Å². The summed E-state index contributed by atoms with van der Waals surface area (Å²) in [6, 6.07) is 10.1. The number of ether oxygens (including phenoxy) is 1. The summed E-state index contributed by atoms with van der Waals surface area (Å²) in [6.45, 7) is 9.69. The molecule has 8 heteroatoms. The van der Waals surface area contributed by atoms with Crippen LogP contribution in [-0.4, -0.2) is 71.5 Å². The van der Waals surface area contributed by atoms with Gasteiger partial charge in [0.1, 0.15) is 0 Å². The van der Waals surface area contributed by atoms with Gasteiger partial charge >= 0.3 is 6.09 Å². The van der Waals surface area contributed by atoms with Crippen LogP contribution in [0, 0.1) is 13.8 Å². The maximum atomic E-state index is 11.9. The molecular formula is C21H30N6O2. The highest BCUT2D eigenvalue weighted by Gasteiger charge is 2.24. The van der Waals surface area contributed by atoms with Crippen LogP contribution in [0.25, 0.3) is 5.69 Å². The number of para-hydroxylation sites is 1. The van der Waals surface area contributed by atoms with Crippen LogP contribution in [0.1, 0.15) is 23.9 Å². The molecule has 0 unspecified atom stereocenters. The minimum absolute atomic E-state index is 0.241. The number of hydrogen-bond donors (Lipinski definition) is 1. The zero-order chi connectivity index (χ0) is 20.8. The second-order valence-electron chi connectivity index (χ2n) is 6.97. The lowest BCUT2D eigenvalue weighted by molar-refractivity contribution is 0.0914. The fourth-order valence-corrected chi connectivity index (χ4v) is 3.57. The zero-order valence-electron chi connectivity index (χ0n) is 17.7. The molecule has 0 aliphatic carbocycles. The van der Waals surface area contributed by atoms with Gasteiger partial charge in [-0.1, -0.05) is 18.2 Å². The Morgan fingerprint density at radius 1 is 1.14 bits per heavy atom. The number of benzene rings is 1. The normalized spacial score (nSPS) is 14.8. The van der Waals surface area contributed by atoms with Crippen LogP contribution in [0.3, 0.4) is 0 Å². The van der Waals surface area contributed by atoms with Crippen LogP contribution in [0.2, 0.25) is 0 Å². The predicted octanol–water partition coefficient (Wildman–Crippen LogP) is 2.34. The van der Waals surface area contributed by atoms with E-state index in [0.717, 1.165) is 36.1 Å². The van der Waals surface area contributed by atoms with Crippen molar-refractivity contribution in [2.45, 2.75) is 27.3 Å². The number of rotatable bonds is 4. The van der Waals surface area contributed by atoms with Crippen LogP contribution in [-0.2, 0) is 11.3 Å². The van der Waals surface area contributed by atoms with E-state index in [9.17, 15) is 4.79 Å². The van der Waals surface area contributed by atoms with E-state index in [1.807, 2.05) is 36.7 Å². The molecule has 1 aromatic heterocycles. The van der Waals surface area contributed by atoms with Crippen molar-refractivity contribution in [3.63, 3.8) is 0 Å². The third-order valence-electron chi connectivity index (χ3n) is 5.18. The molecule has 1 aliphatic heterocycles. The van der Waals surface area contributed by atoms with Gasteiger partial charge in [0.15, 0.2) is 5.96 Å². The van der Waals surface area contributed by atoms with Crippen molar-refractivity contribution >= 4 is 12.1 Å². The summed E-state index contributed by atoms with van der Waals surface area (Å²) in [5, 5.41) is 8.17. The molecule has 156 valence electrons. The lowest BCUT2D eigenvalue weighted by atomic mass is 10.2. The molecular weight excluding hydrogens is 368 g/mol. The maximum absolute atomic E-state index is 11.9. The third kappa shape index (κ3) is 4.70. The molecule has 1 aromatic carbocycles. The monoisotopic (exact) mass is 398 g/mol. The van der Waals surface area contributed by atoms with E-state index in [1.165, 1.54) is 5.56 Å². The first-order chi connectivity index (χ1) is 14.0. The van der Waals surface area contributed by atoms with E-state index in [0.29, 0.717) is 26.2 Å². The van der Waals surface area contributed by atoms with E-state index in [-0.39, 0.29) is 6.09 Å². The number of amides is 1. The first-order valence-corrected chi connectivity index (χ1v) is 10.0. The van der Waals surface area contributed by atoms with Crippen LogP contribution >= 0.6 is 0 Å². The topological polar surface area (TPSA) is 75.0 Å². The molecule has 0 radical (unpaired) electrons. The Morgan fingerprint density at radius 3 is 2.41 bits per heavy atom. The Hall–Kier alpha value is -3.03. The maximum Gasteiger partial charge on any atom is 0.409 e. The Balaban J connectivity index is 1.62. The number of aliphatic imine (C=N–C) groups is 1. The largest absolute Gasteiger partial charge is 0.450 e. The molecule has 1 fully saturated rings. The highest BCUT2D eigenvalue weighted by Crippen LogP contribution is 2.17. The van der Waals surface area contributed by atoms with Crippen molar-refractivity contribution in [3.05, 3.63) is 47.3 Å². The lowest BCUT2D eigenvalue weighted by Crippen LogP contribution is -2.53. The first kappa shape index (κ1) is 20.7. The van der Waals surface area contributed by atoms with Crippen molar-refractivity contribution in [1.82, 2.24) is 24.9 Å². The van der Waals surface area contributed by atoms with Crippen LogP contribution < -0.4 is 5.32 Å². The molecule has 3 rings (SSSR count). The Labute approximate surface area is 172 Å². The van der Waals surface area contributed by atoms with E-state index in [2.05, 4.69) is 34.3 Å². The number of aromatic nitrogens is 2.